The maximum atomic E-state index is 13.9. The molecule has 1 N–H and O–H groups in total. The highest BCUT2D eigenvalue weighted by Gasteiger charge is 2.19. The Balaban J connectivity index is 2.44. The number of rotatable bonds is 3. The van der Waals surface area contributed by atoms with E-state index < -0.39 is 17.3 Å². The number of carboxylic acid groups (broad SMARTS) is 1. The summed E-state index contributed by atoms with van der Waals surface area (Å²) in [5.41, 5.74) is 0.783. The number of carbonyl (C=O) groups is 1. The van der Waals surface area contributed by atoms with Crippen molar-refractivity contribution in [3.8, 4) is 11.6 Å². The van der Waals surface area contributed by atoms with Gasteiger partial charge in [-0.2, -0.15) is 5.10 Å². The Hall–Kier alpha value is -2.44. The molecule has 2 heterocycles. The molecule has 100 valence electrons. The Morgan fingerprint density at radius 2 is 2.16 bits per heavy atom. The van der Waals surface area contributed by atoms with Crippen LogP contribution < -0.4 is 4.74 Å². The average molecular weight is 265 g/mol. The summed E-state index contributed by atoms with van der Waals surface area (Å²) in [6, 6.07) is 1.08. The van der Waals surface area contributed by atoms with Crippen LogP contribution in [0.3, 0.4) is 0 Å². The third-order valence-corrected chi connectivity index (χ3v) is 2.73. The first-order valence-electron chi connectivity index (χ1n) is 5.47. The van der Waals surface area contributed by atoms with Gasteiger partial charge in [-0.05, 0) is 19.9 Å². The van der Waals surface area contributed by atoms with Crippen LogP contribution in [0.2, 0.25) is 0 Å². The summed E-state index contributed by atoms with van der Waals surface area (Å²) in [4.78, 5) is 14.5. The smallest absolute Gasteiger partial charge is 0.338 e. The molecule has 0 spiro atoms. The van der Waals surface area contributed by atoms with Crippen molar-refractivity contribution < 1.29 is 19.0 Å². The minimum absolute atomic E-state index is 0.372. The van der Waals surface area contributed by atoms with Crippen molar-refractivity contribution in [3.05, 3.63) is 35.0 Å². The SMILES string of the molecule is Cc1nn(C)c(C)c1Oc1nccc(C(=O)O)c1F. The quantitative estimate of drug-likeness (QED) is 0.919. The van der Waals surface area contributed by atoms with E-state index in [1.54, 1.807) is 25.6 Å². The third kappa shape index (κ3) is 2.26. The fourth-order valence-corrected chi connectivity index (χ4v) is 1.66. The maximum Gasteiger partial charge on any atom is 0.338 e. The molecule has 0 amide bonds. The van der Waals surface area contributed by atoms with Crippen molar-refractivity contribution in [1.82, 2.24) is 14.8 Å². The normalized spacial score (nSPS) is 10.5. The molecular weight excluding hydrogens is 253 g/mol. The van der Waals surface area contributed by atoms with Crippen molar-refractivity contribution in [1.29, 1.82) is 0 Å². The van der Waals surface area contributed by atoms with Gasteiger partial charge in [-0.1, -0.05) is 0 Å². The van der Waals surface area contributed by atoms with Gasteiger partial charge in [-0.3, -0.25) is 4.68 Å². The summed E-state index contributed by atoms with van der Waals surface area (Å²) in [5.74, 6) is -2.38. The summed E-state index contributed by atoms with van der Waals surface area (Å²) in [6.45, 7) is 3.47. The fourth-order valence-electron chi connectivity index (χ4n) is 1.66. The van der Waals surface area contributed by atoms with E-state index in [2.05, 4.69) is 10.1 Å². The van der Waals surface area contributed by atoms with Crippen LogP contribution in [0.15, 0.2) is 12.3 Å². The topological polar surface area (TPSA) is 77.2 Å². The molecule has 0 aromatic carbocycles. The molecule has 0 aliphatic carbocycles. The first kappa shape index (κ1) is 13.0. The molecule has 0 saturated carbocycles. The summed E-state index contributed by atoms with van der Waals surface area (Å²) in [5, 5.41) is 12.9. The number of nitrogens with zero attached hydrogens (tertiary/aromatic N) is 3. The van der Waals surface area contributed by atoms with Gasteiger partial charge < -0.3 is 9.84 Å². The zero-order valence-corrected chi connectivity index (χ0v) is 10.6. The van der Waals surface area contributed by atoms with Gasteiger partial charge in [0.15, 0.2) is 11.6 Å². The van der Waals surface area contributed by atoms with E-state index in [0.717, 1.165) is 6.07 Å². The van der Waals surface area contributed by atoms with E-state index in [1.807, 2.05) is 0 Å². The van der Waals surface area contributed by atoms with Gasteiger partial charge in [0.05, 0.1) is 5.69 Å². The molecule has 0 unspecified atom stereocenters. The lowest BCUT2D eigenvalue weighted by Gasteiger charge is -2.07. The van der Waals surface area contributed by atoms with Crippen LogP contribution in [-0.4, -0.2) is 25.8 Å². The van der Waals surface area contributed by atoms with E-state index in [-0.39, 0.29) is 5.88 Å². The Morgan fingerprint density at radius 1 is 1.47 bits per heavy atom. The number of pyridine rings is 1. The first-order valence-corrected chi connectivity index (χ1v) is 5.47. The highest BCUT2D eigenvalue weighted by Crippen LogP contribution is 2.29. The van der Waals surface area contributed by atoms with Crippen molar-refractivity contribution >= 4 is 5.97 Å². The van der Waals surface area contributed by atoms with Crippen LogP contribution in [-0.2, 0) is 7.05 Å². The molecule has 0 aliphatic rings. The van der Waals surface area contributed by atoms with E-state index in [4.69, 9.17) is 9.84 Å². The Bertz CT molecular complexity index is 652. The molecule has 0 aliphatic heterocycles. The van der Waals surface area contributed by atoms with Crippen LogP contribution in [0, 0.1) is 19.7 Å². The zero-order valence-electron chi connectivity index (χ0n) is 10.6. The third-order valence-electron chi connectivity index (χ3n) is 2.73. The number of aryl methyl sites for hydroxylation is 2. The van der Waals surface area contributed by atoms with Gasteiger partial charge in [0.25, 0.3) is 5.88 Å². The van der Waals surface area contributed by atoms with Gasteiger partial charge in [0.2, 0.25) is 0 Å². The Labute approximate surface area is 108 Å². The van der Waals surface area contributed by atoms with Crippen LogP contribution >= 0.6 is 0 Å². The molecule has 6 nitrogen and oxygen atoms in total. The average Bonchev–Trinajstić information content (AvgIpc) is 2.58. The van der Waals surface area contributed by atoms with Gasteiger partial charge in [-0.15, -0.1) is 0 Å². The fraction of sp³-hybridized carbons (Fsp3) is 0.250. The van der Waals surface area contributed by atoms with Gasteiger partial charge in [-0.25, -0.2) is 14.2 Å². The largest absolute Gasteiger partial charge is 0.478 e. The van der Waals surface area contributed by atoms with Crippen LogP contribution in [0.5, 0.6) is 11.6 Å². The molecule has 0 bridgehead atoms. The first-order chi connectivity index (χ1) is 8.91. The van der Waals surface area contributed by atoms with Crippen molar-refractivity contribution in [2.45, 2.75) is 13.8 Å². The lowest BCUT2D eigenvalue weighted by molar-refractivity contribution is 0.0690. The number of ether oxygens (including phenoxy) is 1. The molecule has 0 atom stereocenters. The van der Waals surface area contributed by atoms with E-state index in [9.17, 15) is 9.18 Å². The molecule has 0 fully saturated rings. The second-order valence-corrected chi connectivity index (χ2v) is 4.01. The number of hydrogen-bond acceptors (Lipinski definition) is 4. The lowest BCUT2D eigenvalue weighted by atomic mass is 10.2. The van der Waals surface area contributed by atoms with Gasteiger partial charge in [0.1, 0.15) is 11.3 Å². The molecular formula is C12H12FN3O3. The summed E-state index contributed by atoms with van der Waals surface area (Å²) < 4.78 is 20.8. The summed E-state index contributed by atoms with van der Waals surface area (Å²) in [6.07, 6.45) is 1.18. The molecule has 2 rings (SSSR count). The second kappa shape index (κ2) is 4.68. The molecule has 2 aromatic heterocycles. The van der Waals surface area contributed by atoms with Crippen LogP contribution in [0.25, 0.3) is 0 Å². The summed E-state index contributed by atoms with van der Waals surface area (Å²) >= 11 is 0. The minimum atomic E-state index is -1.37. The highest BCUT2D eigenvalue weighted by atomic mass is 19.1. The lowest BCUT2D eigenvalue weighted by Crippen LogP contribution is -2.04. The molecule has 0 saturated heterocycles. The number of carboxylic acids is 1. The van der Waals surface area contributed by atoms with Crippen molar-refractivity contribution in [2.24, 2.45) is 7.05 Å². The molecule has 19 heavy (non-hydrogen) atoms. The van der Waals surface area contributed by atoms with Gasteiger partial charge in [0, 0.05) is 13.2 Å². The Kier molecular flexibility index (Phi) is 3.20. The standard InChI is InChI=1S/C12H12FN3O3/c1-6-10(7(2)16(3)15-6)19-11-9(13)8(12(17)18)4-5-14-11/h4-5H,1-3H3,(H,17,18). The van der Waals surface area contributed by atoms with E-state index in [1.165, 1.54) is 6.20 Å². The zero-order chi connectivity index (χ0) is 14.2. The number of hydrogen-bond donors (Lipinski definition) is 1. The van der Waals surface area contributed by atoms with Gasteiger partial charge >= 0.3 is 5.97 Å². The van der Waals surface area contributed by atoms with E-state index in [0.29, 0.717) is 17.1 Å². The minimum Gasteiger partial charge on any atom is -0.478 e. The number of aromatic nitrogens is 3. The number of halogens is 1. The second-order valence-electron chi connectivity index (χ2n) is 4.01. The maximum absolute atomic E-state index is 13.9. The number of aromatic carboxylic acids is 1. The van der Waals surface area contributed by atoms with Crippen LogP contribution in [0.1, 0.15) is 21.7 Å². The van der Waals surface area contributed by atoms with E-state index >= 15 is 0 Å². The van der Waals surface area contributed by atoms with Crippen molar-refractivity contribution in [2.75, 3.05) is 0 Å². The molecule has 7 heteroatoms. The highest BCUT2D eigenvalue weighted by molar-refractivity contribution is 5.88. The monoisotopic (exact) mass is 265 g/mol. The predicted octanol–water partition coefficient (Wildman–Crippen LogP) is 2.06. The predicted molar refractivity (Wildman–Crippen MR) is 63.9 cm³/mol. The molecule has 2 aromatic rings. The summed E-state index contributed by atoms with van der Waals surface area (Å²) in [7, 11) is 1.73. The van der Waals surface area contributed by atoms with Crippen molar-refractivity contribution in [3.63, 3.8) is 0 Å². The van der Waals surface area contributed by atoms with Crippen LogP contribution in [0.4, 0.5) is 4.39 Å². The molecule has 0 radical (unpaired) electrons. The Morgan fingerprint density at radius 3 is 2.68 bits per heavy atom.